The van der Waals surface area contributed by atoms with Crippen molar-refractivity contribution < 1.29 is 13.2 Å². The molecule has 0 aromatic carbocycles. The van der Waals surface area contributed by atoms with Crippen molar-refractivity contribution in [1.82, 2.24) is 0 Å². The highest BCUT2D eigenvalue weighted by molar-refractivity contribution is 8.00. The van der Waals surface area contributed by atoms with Crippen LogP contribution in [-0.4, -0.2) is 24.1 Å². The fourth-order valence-corrected chi connectivity index (χ4v) is 1.85. The van der Waals surface area contributed by atoms with Crippen LogP contribution in [0.15, 0.2) is 0 Å². The summed E-state index contributed by atoms with van der Waals surface area (Å²) in [6.07, 6.45) is -1.58. The quantitative estimate of drug-likeness (QED) is 0.559. The molecule has 1 aliphatic rings. The molecule has 3 atom stereocenters. The van der Waals surface area contributed by atoms with Gasteiger partial charge in [0.2, 0.25) is 0 Å². The molecular formula is C5H7F3S. The maximum absolute atomic E-state index is 12.3. The van der Waals surface area contributed by atoms with Gasteiger partial charge in [-0.3, -0.25) is 4.39 Å². The van der Waals surface area contributed by atoms with Crippen LogP contribution in [-0.2, 0) is 0 Å². The van der Waals surface area contributed by atoms with Gasteiger partial charge in [-0.05, 0) is 0 Å². The molecule has 0 aliphatic carbocycles. The van der Waals surface area contributed by atoms with Crippen LogP contribution in [0.1, 0.15) is 0 Å². The molecule has 1 rings (SSSR count). The summed E-state index contributed by atoms with van der Waals surface area (Å²) in [6, 6.07) is 0. The topological polar surface area (TPSA) is 0 Å². The van der Waals surface area contributed by atoms with E-state index in [4.69, 9.17) is 0 Å². The van der Waals surface area contributed by atoms with Gasteiger partial charge in [-0.25, -0.2) is 8.78 Å². The summed E-state index contributed by atoms with van der Waals surface area (Å²) in [7, 11) is 0. The van der Waals surface area contributed by atoms with E-state index in [-0.39, 0.29) is 5.75 Å². The highest BCUT2D eigenvalue weighted by atomic mass is 32.2. The van der Waals surface area contributed by atoms with Crippen molar-refractivity contribution >= 4 is 11.8 Å². The minimum atomic E-state index is -1.58. The van der Waals surface area contributed by atoms with Gasteiger partial charge in [-0.1, -0.05) is 0 Å². The molecular weight excluding hydrogens is 149 g/mol. The van der Waals surface area contributed by atoms with E-state index in [0.29, 0.717) is 0 Å². The summed E-state index contributed by atoms with van der Waals surface area (Å²) >= 11 is 0.856. The minimum absolute atomic E-state index is 0.277. The Kier molecular flexibility index (Phi) is 2.27. The molecule has 1 saturated heterocycles. The Hall–Kier alpha value is 0.140. The molecule has 0 spiro atoms. The molecule has 0 bridgehead atoms. The van der Waals surface area contributed by atoms with Crippen LogP contribution in [0.4, 0.5) is 13.2 Å². The third-order valence-electron chi connectivity index (χ3n) is 1.37. The van der Waals surface area contributed by atoms with Crippen LogP contribution < -0.4 is 0 Å². The molecule has 0 saturated carbocycles. The molecule has 54 valence electrons. The van der Waals surface area contributed by atoms with Gasteiger partial charge >= 0.3 is 0 Å². The van der Waals surface area contributed by atoms with Gasteiger partial charge in [-0.15, -0.1) is 11.8 Å². The zero-order valence-corrected chi connectivity index (χ0v) is 5.50. The lowest BCUT2D eigenvalue weighted by Crippen LogP contribution is -2.18. The van der Waals surface area contributed by atoms with E-state index in [0.717, 1.165) is 11.8 Å². The molecule has 0 aromatic rings. The van der Waals surface area contributed by atoms with E-state index < -0.39 is 24.3 Å². The largest absolute Gasteiger partial charge is 0.251 e. The molecule has 1 fully saturated rings. The molecule has 0 amide bonds. The average Bonchev–Trinajstić information content (AvgIpc) is 2.15. The molecule has 1 heterocycles. The first-order chi connectivity index (χ1) is 4.25. The fourth-order valence-electron chi connectivity index (χ4n) is 0.743. The molecule has 0 aromatic heterocycles. The number of hydrogen-bond donors (Lipinski definition) is 0. The van der Waals surface area contributed by atoms with Crippen molar-refractivity contribution in [2.45, 2.75) is 11.7 Å². The molecule has 9 heavy (non-hydrogen) atoms. The van der Waals surface area contributed by atoms with E-state index in [1.165, 1.54) is 0 Å². The van der Waals surface area contributed by atoms with E-state index in [1.54, 1.807) is 0 Å². The second-order valence-corrected chi connectivity index (χ2v) is 3.16. The Morgan fingerprint density at radius 1 is 1.44 bits per heavy atom. The summed E-state index contributed by atoms with van der Waals surface area (Å²) in [5.74, 6) is -0.427. The lowest BCUT2D eigenvalue weighted by molar-refractivity contribution is 0.167. The van der Waals surface area contributed by atoms with Crippen molar-refractivity contribution in [3.05, 3.63) is 0 Å². The van der Waals surface area contributed by atoms with Crippen molar-refractivity contribution in [3.63, 3.8) is 0 Å². The molecule has 0 nitrogen and oxygen atoms in total. The van der Waals surface area contributed by atoms with Crippen LogP contribution in [0.3, 0.4) is 0 Å². The van der Waals surface area contributed by atoms with Gasteiger partial charge in [0, 0.05) is 11.7 Å². The van der Waals surface area contributed by atoms with Gasteiger partial charge in [0.05, 0.1) is 6.67 Å². The smallest absolute Gasteiger partial charge is 0.177 e. The molecule has 1 aliphatic heterocycles. The molecule has 0 radical (unpaired) electrons. The third-order valence-corrected chi connectivity index (χ3v) is 2.57. The first-order valence-corrected chi connectivity index (χ1v) is 3.76. The zero-order valence-electron chi connectivity index (χ0n) is 4.69. The van der Waals surface area contributed by atoms with Crippen molar-refractivity contribution in [2.24, 2.45) is 5.92 Å². The summed E-state index contributed by atoms with van der Waals surface area (Å²) in [5, 5.41) is 0. The summed E-state index contributed by atoms with van der Waals surface area (Å²) in [5.41, 5.74) is -1.49. The minimum Gasteiger partial charge on any atom is -0.251 e. The highest BCUT2D eigenvalue weighted by Gasteiger charge is 2.37. The average molecular weight is 156 g/mol. The van der Waals surface area contributed by atoms with Crippen LogP contribution in [0.5, 0.6) is 0 Å². The Bertz CT molecular complexity index is 98.2. The van der Waals surface area contributed by atoms with E-state index in [9.17, 15) is 13.2 Å². The molecule has 0 N–H and O–H groups in total. The maximum Gasteiger partial charge on any atom is 0.177 e. The number of alkyl halides is 3. The highest BCUT2D eigenvalue weighted by Crippen LogP contribution is 2.34. The van der Waals surface area contributed by atoms with Gasteiger partial charge in [0.1, 0.15) is 6.17 Å². The lowest BCUT2D eigenvalue weighted by atomic mass is 10.1. The van der Waals surface area contributed by atoms with Crippen LogP contribution >= 0.6 is 11.8 Å². The Morgan fingerprint density at radius 2 is 2.11 bits per heavy atom. The van der Waals surface area contributed by atoms with Crippen LogP contribution in [0.2, 0.25) is 0 Å². The number of halogens is 3. The fraction of sp³-hybridized carbons (Fsp3) is 1.00. The van der Waals surface area contributed by atoms with Gasteiger partial charge in [-0.2, -0.15) is 0 Å². The van der Waals surface area contributed by atoms with Gasteiger partial charge in [0.15, 0.2) is 5.50 Å². The lowest BCUT2D eigenvalue weighted by Gasteiger charge is -2.05. The number of rotatable bonds is 1. The number of hydrogen-bond acceptors (Lipinski definition) is 1. The van der Waals surface area contributed by atoms with Crippen molar-refractivity contribution in [2.75, 3.05) is 12.4 Å². The number of thioether (sulfide) groups is 1. The Morgan fingerprint density at radius 3 is 2.33 bits per heavy atom. The first-order valence-electron chi connectivity index (χ1n) is 2.71. The molecule has 4 heteroatoms. The standard InChI is InChI=1S/C5H7F3S/c6-1-3-2-9-5(8)4(3)7/h3-5H,1-2H2. The van der Waals surface area contributed by atoms with Gasteiger partial charge in [0.25, 0.3) is 0 Å². The van der Waals surface area contributed by atoms with E-state index in [1.807, 2.05) is 0 Å². The van der Waals surface area contributed by atoms with Crippen molar-refractivity contribution in [3.8, 4) is 0 Å². The second kappa shape index (κ2) is 2.82. The predicted octanol–water partition coefficient (Wildman–Crippen LogP) is 1.95. The second-order valence-electron chi connectivity index (χ2n) is 2.04. The monoisotopic (exact) mass is 156 g/mol. The summed E-state index contributed by atoms with van der Waals surface area (Å²) in [6.45, 7) is -0.741. The van der Waals surface area contributed by atoms with Crippen LogP contribution in [0.25, 0.3) is 0 Å². The Balaban J connectivity index is 2.41. The SMILES string of the molecule is FCC1CSC(F)C1F. The van der Waals surface area contributed by atoms with Crippen molar-refractivity contribution in [1.29, 1.82) is 0 Å². The first kappa shape index (κ1) is 7.25. The molecule has 3 unspecified atom stereocenters. The van der Waals surface area contributed by atoms with E-state index in [2.05, 4.69) is 0 Å². The summed E-state index contributed by atoms with van der Waals surface area (Å²) < 4.78 is 36.2. The Labute approximate surface area is 55.8 Å². The zero-order chi connectivity index (χ0) is 6.85. The summed E-state index contributed by atoms with van der Waals surface area (Å²) in [4.78, 5) is 0. The van der Waals surface area contributed by atoms with Gasteiger partial charge < -0.3 is 0 Å². The maximum atomic E-state index is 12.3. The van der Waals surface area contributed by atoms with E-state index >= 15 is 0 Å². The normalized spacial score (nSPS) is 43.7. The predicted molar refractivity (Wildman–Crippen MR) is 31.7 cm³/mol. The van der Waals surface area contributed by atoms with Crippen LogP contribution in [0, 0.1) is 5.92 Å². The third kappa shape index (κ3) is 1.34.